The van der Waals surface area contributed by atoms with Crippen LogP contribution in [-0.2, 0) is 9.53 Å². The summed E-state index contributed by atoms with van der Waals surface area (Å²) in [5.74, 6) is -4.32. The summed E-state index contributed by atoms with van der Waals surface area (Å²) >= 11 is 0. The summed E-state index contributed by atoms with van der Waals surface area (Å²) in [4.78, 5) is 24.6. The summed E-state index contributed by atoms with van der Waals surface area (Å²) in [7, 11) is 1.52. The second-order valence-electron chi connectivity index (χ2n) is 4.97. The maximum atomic E-state index is 12.3. The van der Waals surface area contributed by atoms with Gasteiger partial charge in [0.25, 0.3) is 5.91 Å². The van der Waals surface area contributed by atoms with E-state index in [0.717, 1.165) is 12.1 Å². The number of alkyl halides is 3. The Kier molecular flexibility index (Phi) is 4.79. The van der Waals surface area contributed by atoms with Gasteiger partial charge in [0.1, 0.15) is 0 Å². The van der Waals surface area contributed by atoms with Crippen molar-refractivity contribution in [2.45, 2.75) is 18.7 Å². The van der Waals surface area contributed by atoms with Gasteiger partial charge in [-0.1, -0.05) is 0 Å². The molecule has 0 unspecified atom stereocenters. The van der Waals surface area contributed by atoms with Crippen LogP contribution in [0, 0.1) is 0 Å². The largest absolute Gasteiger partial charge is 0.504 e. The minimum absolute atomic E-state index is 0.00419. The lowest BCUT2D eigenvalue weighted by Gasteiger charge is -2.17. The van der Waals surface area contributed by atoms with Gasteiger partial charge in [-0.15, -0.1) is 0 Å². The van der Waals surface area contributed by atoms with E-state index in [-0.39, 0.29) is 11.7 Å². The number of amides is 1. The molecule has 1 atom stereocenters. The predicted octanol–water partition coefficient (Wildman–Crippen LogP) is 1.72. The van der Waals surface area contributed by atoms with Crippen LogP contribution in [0.15, 0.2) is 18.2 Å². The van der Waals surface area contributed by atoms with Crippen molar-refractivity contribution in [3.05, 3.63) is 23.8 Å². The first-order chi connectivity index (χ1) is 10.7. The Morgan fingerprint density at radius 1 is 1.35 bits per heavy atom. The topological polar surface area (TPSA) is 76.1 Å². The summed E-state index contributed by atoms with van der Waals surface area (Å²) in [5, 5.41) is 9.49. The first-order valence-electron chi connectivity index (χ1n) is 6.66. The van der Waals surface area contributed by atoms with Crippen LogP contribution in [0.4, 0.5) is 13.2 Å². The number of benzene rings is 1. The number of phenols is 1. The van der Waals surface area contributed by atoms with Crippen molar-refractivity contribution in [1.82, 2.24) is 4.90 Å². The van der Waals surface area contributed by atoms with Crippen molar-refractivity contribution in [3.8, 4) is 11.5 Å². The molecule has 2 rings (SSSR count). The van der Waals surface area contributed by atoms with E-state index in [1.807, 2.05) is 0 Å². The number of hydrogen-bond acceptors (Lipinski definition) is 5. The van der Waals surface area contributed by atoms with Crippen LogP contribution >= 0.6 is 0 Å². The fraction of sp³-hybridized carbons (Fsp3) is 0.429. The predicted molar refractivity (Wildman–Crippen MR) is 71.1 cm³/mol. The van der Waals surface area contributed by atoms with Crippen LogP contribution in [0.5, 0.6) is 11.5 Å². The van der Waals surface area contributed by atoms with Gasteiger partial charge in [-0.05, 0) is 24.6 Å². The number of phenolic OH excluding ortho intramolecular Hbond substituents is 1. The molecule has 1 aromatic carbocycles. The van der Waals surface area contributed by atoms with Crippen molar-refractivity contribution in [2.75, 3.05) is 20.2 Å². The highest BCUT2D eigenvalue weighted by Gasteiger charge is 2.42. The molecule has 1 aliphatic heterocycles. The SMILES string of the molecule is CO[C@H]1CCN(C(=O)c2ccc(O)c(OC(=O)C(F)(F)F)c2)C1. The van der Waals surface area contributed by atoms with Crippen LogP contribution in [0.2, 0.25) is 0 Å². The van der Waals surface area contributed by atoms with Crippen molar-refractivity contribution in [2.24, 2.45) is 0 Å². The third-order valence-electron chi connectivity index (χ3n) is 3.41. The molecule has 126 valence electrons. The summed E-state index contributed by atoms with van der Waals surface area (Å²) < 4.78 is 45.9. The van der Waals surface area contributed by atoms with Crippen molar-refractivity contribution < 1.29 is 37.3 Å². The van der Waals surface area contributed by atoms with E-state index >= 15 is 0 Å². The van der Waals surface area contributed by atoms with Crippen molar-refractivity contribution in [1.29, 1.82) is 0 Å². The molecule has 0 radical (unpaired) electrons. The molecule has 1 aromatic rings. The van der Waals surface area contributed by atoms with Crippen molar-refractivity contribution in [3.63, 3.8) is 0 Å². The number of aromatic hydroxyl groups is 1. The first-order valence-corrected chi connectivity index (χ1v) is 6.66. The minimum Gasteiger partial charge on any atom is -0.504 e. The lowest BCUT2D eigenvalue weighted by atomic mass is 10.2. The van der Waals surface area contributed by atoms with E-state index in [4.69, 9.17) is 4.74 Å². The molecule has 0 aliphatic carbocycles. The van der Waals surface area contributed by atoms with E-state index in [1.165, 1.54) is 18.1 Å². The third kappa shape index (κ3) is 3.92. The number of rotatable bonds is 3. The highest BCUT2D eigenvalue weighted by molar-refractivity contribution is 5.95. The Morgan fingerprint density at radius 3 is 2.61 bits per heavy atom. The van der Waals surface area contributed by atoms with Gasteiger partial charge in [0, 0.05) is 25.8 Å². The van der Waals surface area contributed by atoms with E-state index in [0.29, 0.717) is 19.5 Å². The molecule has 0 aromatic heterocycles. The zero-order valence-electron chi connectivity index (χ0n) is 12.1. The summed E-state index contributed by atoms with van der Waals surface area (Å²) in [6, 6.07) is 3.14. The van der Waals surface area contributed by atoms with Crippen LogP contribution in [0.3, 0.4) is 0 Å². The van der Waals surface area contributed by atoms with Gasteiger partial charge in [0.15, 0.2) is 11.5 Å². The zero-order valence-corrected chi connectivity index (χ0v) is 12.1. The maximum Gasteiger partial charge on any atom is 0.491 e. The van der Waals surface area contributed by atoms with Gasteiger partial charge in [-0.3, -0.25) is 4.79 Å². The number of nitrogens with zero attached hydrogens (tertiary/aromatic N) is 1. The number of esters is 1. The number of ether oxygens (including phenoxy) is 2. The lowest BCUT2D eigenvalue weighted by molar-refractivity contribution is -0.189. The number of likely N-dealkylation sites (tertiary alicyclic amines) is 1. The molecule has 0 spiro atoms. The highest BCUT2D eigenvalue weighted by atomic mass is 19.4. The average Bonchev–Trinajstić information content (AvgIpc) is 2.96. The Labute approximate surface area is 129 Å². The smallest absolute Gasteiger partial charge is 0.491 e. The quantitative estimate of drug-likeness (QED) is 0.673. The van der Waals surface area contributed by atoms with Gasteiger partial charge in [0.05, 0.1) is 6.10 Å². The van der Waals surface area contributed by atoms with Gasteiger partial charge < -0.3 is 19.5 Å². The van der Waals surface area contributed by atoms with E-state index in [9.17, 15) is 27.9 Å². The minimum atomic E-state index is -5.20. The molecule has 1 N–H and O–H groups in total. The van der Waals surface area contributed by atoms with Gasteiger partial charge in [0.2, 0.25) is 0 Å². The molecular weight excluding hydrogens is 319 g/mol. The van der Waals surface area contributed by atoms with Crippen LogP contribution in [-0.4, -0.2) is 54.4 Å². The van der Waals surface area contributed by atoms with Gasteiger partial charge in [-0.25, -0.2) is 4.79 Å². The fourth-order valence-corrected chi connectivity index (χ4v) is 2.17. The highest BCUT2D eigenvalue weighted by Crippen LogP contribution is 2.30. The zero-order chi connectivity index (χ0) is 17.2. The summed E-state index contributed by atoms with van der Waals surface area (Å²) in [6.45, 7) is 0.795. The van der Waals surface area contributed by atoms with Crippen molar-refractivity contribution >= 4 is 11.9 Å². The first kappa shape index (κ1) is 17.1. The molecule has 1 amide bonds. The molecule has 6 nitrogen and oxygen atoms in total. The summed E-state index contributed by atoms with van der Waals surface area (Å²) in [6.07, 6.45) is -4.65. The third-order valence-corrected chi connectivity index (χ3v) is 3.41. The molecule has 23 heavy (non-hydrogen) atoms. The monoisotopic (exact) mass is 333 g/mol. The Morgan fingerprint density at radius 2 is 2.04 bits per heavy atom. The summed E-state index contributed by atoms with van der Waals surface area (Å²) in [5.41, 5.74) is 0.00419. The molecular formula is C14H14F3NO5. The molecule has 1 aliphatic rings. The van der Waals surface area contributed by atoms with E-state index in [1.54, 1.807) is 0 Å². The standard InChI is InChI=1S/C14H14F3NO5/c1-22-9-4-5-18(7-9)12(20)8-2-3-10(19)11(6-8)23-13(21)14(15,16)17/h2-3,6,9,19H,4-5,7H2,1H3/t9-/m0/s1. The number of halogens is 3. The number of carbonyl (C=O) groups excluding carboxylic acids is 2. The Hall–Kier alpha value is -2.29. The fourth-order valence-electron chi connectivity index (χ4n) is 2.17. The second-order valence-corrected chi connectivity index (χ2v) is 4.97. The van der Waals surface area contributed by atoms with Gasteiger partial charge in [-0.2, -0.15) is 13.2 Å². The molecule has 0 bridgehead atoms. The van der Waals surface area contributed by atoms with E-state index in [2.05, 4.69) is 4.74 Å². The number of hydrogen-bond donors (Lipinski definition) is 1. The number of carbonyl (C=O) groups is 2. The Balaban J connectivity index is 2.17. The number of methoxy groups -OCH3 is 1. The molecule has 1 heterocycles. The van der Waals surface area contributed by atoms with Gasteiger partial charge >= 0.3 is 12.1 Å². The average molecular weight is 333 g/mol. The second kappa shape index (κ2) is 6.45. The Bertz CT molecular complexity index is 617. The van der Waals surface area contributed by atoms with Crippen LogP contribution in [0.1, 0.15) is 16.8 Å². The molecule has 1 saturated heterocycles. The normalized spacial score (nSPS) is 18.1. The van der Waals surface area contributed by atoms with Crippen LogP contribution < -0.4 is 4.74 Å². The van der Waals surface area contributed by atoms with Crippen LogP contribution in [0.25, 0.3) is 0 Å². The molecule has 0 saturated carbocycles. The van der Waals surface area contributed by atoms with E-state index < -0.39 is 29.6 Å². The lowest BCUT2D eigenvalue weighted by Crippen LogP contribution is -2.30. The molecule has 1 fully saturated rings. The maximum absolute atomic E-state index is 12.3. The molecule has 9 heteroatoms.